The standard InChI is InChI=1S/C8H14O7/c1-3(10)5(12)7(14)8(15)6(13)4(11)2-9/h4,6-9,11,13-15H,2H2,1H3/t4-,6-,7+,8+/m1/s1. The molecule has 0 saturated heterocycles. The van der Waals surface area contributed by atoms with Crippen molar-refractivity contribution in [3.8, 4) is 0 Å². The molecule has 4 atom stereocenters. The summed E-state index contributed by atoms with van der Waals surface area (Å²) in [4.78, 5) is 21.4. The van der Waals surface area contributed by atoms with Crippen LogP contribution < -0.4 is 0 Å². The lowest BCUT2D eigenvalue weighted by Crippen LogP contribution is -2.49. The average Bonchev–Trinajstić information content (AvgIpc) is 2.23. The van der Waals surface area contributed by atoms with E-state index in [1.54, 1.807) is 0 Å². The van der Waals surface area contributed by atoms with Crippen molar-refractivity contribution in [1.29, 1.82) is 0 Å². The van der Waals surface area contributed by atoms with E-state index in [9.17, 15) is 9.59 Å². The summed E-state index contributed by atoms with van der Waals surface area (Å²) in [6, 6.07) is 0. The Morgan fingerprint density at radius 1 is 1.07 bits per heavy atom. The molecule has 0 fully saturated rings. The van der Waals surface area contributed by atoms with Gasteiger partial charge < -0.3 is 25.5 Å². The smallest absolute Gasteiger partial charge is 0.229 e. The number of ketones is 2. The normalized spacial score (nSPS) is 19.1. The van der Waals surface area contributed by atoms with E-state index < -0.39 is 42.6 Å². The second-order valence-corrected chi connectivity index (χ2v) is 3.10. The SMILES string of the molecule is CC(=O)C(=O)[C@H](O)[C@@H](O)[C@H](O)[C@H](O)CO. The van der Waals surface area contributed by atoms with Crippen LogP contribution in [0.15, 0.2) is 0 Å². The summed E-state index contributed by atoms with van der Waals surface area (Å²) in [5.74, 6) is -2.25. The van der Waals surface area contributed by atoms with Gasteiger partial charge in [0.15, 0.2) is 5.78 Å². The van der Waals surface area contributed by atoms with Crippen LogP contribution in [0.3, 0.4) is 0 Å². The number of aliphatic hydroxyl groups excluding tert-OH is 5. The molecule has 0 amide bonds. The summed E-state index contributed by atoms with van der Waals surface area (Å²) in [5, 5.41) is 44.7. The van der Waals surface area contributed by atoms with Crippen LogP contribution in [0.25, 0.3) is 0 Å². The molecule has 15 heavy (non-hydrogen) atoms. The predicted octanol–water partition coefficient (Wildman–Crippen LogP) is -3.42. The first-order valence-electron chi connectivity index (χ1n) is 4.20. The Balaban J connectivity index is 4.50. The molecule has 0 aliphatic heterocycles. The Kier molecular flexibility index (Phi) is 5.55. The number of Topliss-reactive ketones (excluding diaryl/α,β-unsaturated/α-hetero) is 2. The summed E-state index contributed by atoms with van der Waals surface area (Å²) in [6.07, 6.45) is -7.75. The maximum absolute atomic E-state index is 10.9. The topological polar surface area (TPSA) is 135 Å². The van der Waals surface area contributed by atoms with Crippen LogP contribution in [0.4, 0.5) is 0 Å². The summed E-state index contributed by atoms with van der Waals surface area (Å²) < 4.78 is 0. The van der Waals surface area contributed by atoms with E-state index in [0.29, 0.717) is 0 Å². The van der Waals surface area contributed by atoms with E-state index in [1.807, 2.05) is 0 Å². The van der Waals surface area contributed by atoms with Gasteiger partial charge in [-0.2, -0.15) is 0 Å². The molecule has 0 aromatic heterocycles. The van der Waals surface area contributed by atoms with Gasteiger partial charge in [0.25, 0.3) is 0 Å². The van der Waals surface area contributed by atoms with Crippen molar-refractivity contribution in [3.05, 3.63) is 0 Å². The highest BCUT2D eigenvalue weighted by Gasteiger charge is 2.35. The maximum atomic E-state index is 10.9. The fourth-order valence-corrected chi connectivity index (χ4v) is 0.886. The van der Waals surface area contributed by atoms with E-state index in [-0.39, 0.29) is 0 Å². The second-order valence-electron chi connectivity index (χ2n) is 3.10. The fraction of sp³-hybridized carbons (Fsp3) is 0.750. The number of hydrogen-bond donors (Lipinski definition) is 5. The lowest BCUT2D eigenvalue weighted by molar-refractivity contribution is -0.153. The molecule has 5 N–H and O–H groups in total. The van der Waals surface area contributed by atoms with Crippen molar-refractivity contribution in [2.75, 3.05) is 6.61 Å². The summed E-state index contributed by atoms with van der Waals surface area (Å²) in [5.41, 5.74) is 0. The summed E-state index contributed by atoms with van der Waals surface area (Å²) in [6.45, 7) is 0.0480. The van der Waals surface area contributed by atoms with Crippen molar-refractivity contribution in [2.24, 2.45) is 0 Å². The minimum Gasteiger partial charge on any atom is -0.394 e. The minimum atomic E-state index is -2.11. The number of rotatable bonds is 6. The van der Waals surface area contributed by atoms with Crippen LogP contribution in [0, 0.1) is 0 Å². The van der Waals surface area contributed by atoms with Crippen molar-refractivity contribution in [3.63, 3.8) is 0 Å². The first-order valence-corrected chi connectivity index (χ1v) is 4.20. The van der Waals surface area contributed by atoms with Gasteiger partial charge in [0.2, 0.25) is 5.78 Å². The van der Waals surface area contributed by atoms with Crippen molar-refractivity contribution in [2.45, 2.75) is 31.3 Å². The van der Waals surface area contributed by atoms with Gasteiger partial charge in [-0.15, -0.1) is 0 Å². The lowest BCUT2D eigenvalue weighted by Gasteiger charge is -2.24. The number of hydrogen-bond acceptors (Lipinski definition) is 7. The minimum absolute atomic E-state index is 0.848. The summed E-state index contributed by atoms with van der Waals surface area (Å²) >= 11 is 0. The highest BCUT2D eigenvalue weighted by Crippen LogP contribution is 2.06. The van der Waals surface area contributed by atoms with Crippen LogP contribution in [-0.4, -0.2) is 68.1 Å². The van der Waals surface area contributed by atoms with E-state index in [0.717, 1.165) is 6.92 Å². The highest BCUT2D eigenvalue weighted by atomic mass is 16.4. The Bertz CT molecular complexity index is 239. The Morgan fingerprint density at radius 2 is 1.53 bits per heavy atom. The Hall–Kier alpha value is -0.860. The quantitative estimate of drug-likeness (QED) is 0.295. The molecule has 0 heterocycles. The molecule has 0 aliphatic carbocycles. The fourth-order valence-electron chi connectivity index (χ4n) is 0.886. The largest absolute Gasteiger partial charge is 0.394 e. The van der Waals surface area contributed by atoms with Crippen LogP contribution in [-0.2, 0) is 9.59 Å². The summed E-state index contributed by atoms with van der Waals surface area (Å²) in [7, 11) is 0. The van der Waals surface area contributed by atoms with E-state index in [4.69, 9.17) is 25.5 Å². The highest BCUT2D eigenvalue weighted by molar-refractivity contribution is 6.38. The van der Waals surface area contributed by atoms with Crippen molar-refractivity contribution >= 4 is 11.6 Å². The van der Waals surface area contributed by atoms with Gasteiger partial charge >= 0.3 is 0 Å². The molecular formula is C8H14O7. The van der Waals surface area contributed by atoms with Crippen LogP contribution in [0.1, 0.15) is 6.92 Å². The van der Waals surface area contributed by atoms with Crippen LogP contribution >= 0.6 is 0 Å². The zero-order valence-electron chi connectivity index (χ0n) is 8.07. The molecule has 0 aliphatic rings. The van der Waals surface area contributed by atoms with Crippen LogP contribution in [0.5, 0.6) is 0 Å². The molecule has 0 aromatic rings. The predicted molar refractivity (Wildman–Crippen MR) is 46.8 cm³/mol. The molecule has 0 spiro atoms. The number of carbonyl (C=O) groups excluding carboxylic acids is 2. The zero-order valence-corrected chi connectivity index (χ0v) is 8.07. The number of carbonyl (C=O) groups is 2. The first-order chi connectivity index (χ1) is 6.82. The molecule has 0 radical (unpaired) electrons. The lowest BCUT2D eigenvalue weighted by atomic mass is 9.99. The third-order valence-corrected chi connectivity index (χ3v) is 1.87. The van der Waals surface area contributed by atoms with E-state index in [2.05, 4.69) is 0 Å². The van der Waals surface area contributed by atoms with Crippen molar-refractivity contribution < 1.29 is 35.1 Å². The molecule has 7 nitrogen and oxygen atoms in total. The Morgan fingerprint density at radius 3 is 1.87 bits per heavy atom. The van der Waals surface area contributed by atoms with Gasteiger partial charge in [0.05, 0.1) is 6.61 Å². The first kappa shape index (κ1) is 14.1. The molecule has 0 saturated carbocycles. The monoisotopic (exact) mass is 222 g/mol. The van der Waals surface area contributed by atoms with Gasteiger partial charge in [-0.05, 0) is 0 Å². The second kappa shape index (κ2) is 5.89. The zero-order chi connectivity index (χ0) is 12.2. The molecule has 0 bridgehead atoms. The van der Waals surface area contributed by atoms with E-state index >= 15 is 0 Å². The third kappa shape index (κ3) is 3.65. The van der Waals surface area contributed by atoms with Gasteiger partial charge in [-0.25, -0.2) is 0 Å². The van der Waals surface area contributed by atoms with E-state index in [1.165, 1.54) is 0 Å². The maximum Gasteiger partial charge on any atom is 0.229 e. The van der Waals surface area contributed by atoms with Gasteiger partial charge in [-0.3, -0.25) is 9.59 Å². The van der Waals surface area contributed by atoms with Gasteiger partial charge in [0, 0.05) is 6.92 Å². The van der Waals surface area contributed by atoms with Crippen LogP contribution in [0.2, 0.25) is 0 Å². The van der Waals surface area contributed by atoms with Crippen molar-refractivity contribution in [1.82, 2.24) is 0 Å². The average molecular weight is 222 g/mol. The molecule has 88 valence electrons. The molecular weight excluding hydrogens is 208 g/mol. The molecule has 0 unspecified atom stereocenters. The Labute approximate surface area is 85.6 Å². The third-order valence-electron chi connectivity index (χ3n) is 1.87. The number of aliphatic hydroxyl groups is 5. The molecule has 0 aromatic carbocycles. The molecule has 0 rings (SSSR count). The van der Waals surface area contributed by atoms with Gasteiger partial charge in [-0.1, -0.05) is 0 Å². The molecule has 7 heteroatoms. The van der Waals surface area contributed by atoms with Gasteiger partial charge in [0.1, 0.15) is 24.4 Å².